The first-order chi connectivity index (χ1) is 29.4. The monoisotopic (exact) mass is 880 g/mol. The van der Waals surface area contributed by atoms with E-state index in [9.17, 15) is 30.8 Å². The van der Waals surface area contributed by atoms with Gasteiger partial charge in [-0.3, -0.25) is 4.79 Å². The number of nitrogens with one attached hydrogen (secondary N) is 1. The number of sulfone groups is 1. The fourth-order valence-electron chi connectivity index (χ4n) is 7.52. The molecule has 0 fully saturated rings. The standard InChI is InChI=1S/C47H44F4N4O5SSi/c1-46(2,3)62(38-11-7-5-8-12-38,39-13-9-6-10-14-39)60-30-40(34-19-22-36(48)23-20-34)42(56)27-32-15-17-33(18-16-32)35-21-26-44-53-45(54-55(44)29-35)52-41-25-24-37(61(4,57)58)28-43(41)59-31-47(49,50)51/h5-26,28-29,40H,27,30-31H2,1-4H3,(H,52,54). The van der Waals surface area contributed by atoms with E-state index in [1.54, 1.807) is 24.4 Å². The number of alkyl halides is 3. The van der Waals surface area contributed by atoms with Crippen LogP contribution in [0.2, 0.25) is 5.04 Å². The lowest BCUT2D eigenvalue weighted by molar-refractivity contribution is -0.153. The Morgan fingerprint density at radius 2 is 1.42 bits per heavy atom. The van der Waals surface area contributed by atoms with E-state index < -0.39 is 42.7 Å². The smallest absolute Gasteiger partial charge is 0.422 e. The van der Waals surface area contributed by atoms with E-state index in [2.05, 4.69) is 60.4 Å². The van der Waals surface area contributed by atoms with Crippen molar-refractivity contribution in [2.24, 2.45) is 0 Å². The lowest BCUT2D eigenvalue weighted by atomic mass is 9.91. The topological polar surface area (TPSA) is 112 Å². The Balaban J connectivity index is 1.11. The van der Waals surface area contributed by atoms with Gasteiger partial charge in [0.15, 0.2) is 22.1 Å². The molecule has 62 heavy (non-hydrogen) atoms. The molecular formula is C47H44F4N4O5SSi. The molecule has 9 nitrogen and oxygen atoms in total. The Labute approximate surface area is 358 Å². The number of halogens is 4. The van der Waals surface area contributed by atoms with E-state index in [0.717, 1.165) is 39.4 Å². The minimum Gasteiger partial charge on any atom is -0.482 e. The average molecular weight is 881 g/mol. The predicted molar refractivity (Wildman–Crippen MR) is 234 cm³/mol. The van der Waals surface area contributed by atoms with Crippen LogP contribution >= 0.6 is 0 Å². The second-order valence-corrected chi connectivity index (χ2v) is 22.4. The molecule has 15 heteroatoms. The number of carbonyl (C=O) groups excluding carboxylic acids is 1. The Hall–Kier alpha value is -6.16. The van der Waals surface area contributed by atoms with Gasteiger partial charge in [-0.15, -0.1) is 5.10 Å². The summed E-state index contributed by atoms with van der Waals surface area (Å²) in [6, 6.07) is 41.0. The van der Waals surface area contributed by atoms with Gasteiger partial charge in [0.2, 0.25) is 5.95 Å². The normalized spacial score (nSPS) is 12.9. The van der Waals surface area contributed by atoms with E-state index in [1.807, 2.05) is 66.7 Å². The van der Waals surface area contributed by atoms with Gasteiger partial charge in [-0.05, 0) is 68.5 Å². The summed E-state index contributed by atoms with van der Waals surface area (Å²) in [5.41, 5.74) is 3.49. The van der Waals surface area contributed by atoms with Gasteiger partial charge in [0.1, 0.15) is 17.3 Å². The number of hydrogen-bond acceptors (Lipinski definition) is 8. The van der Waals surface area contributed by atoms with Crippen LogP contribution in [-0.4, -0.2) is 62.8 Å². The van der Waals surface area contributed by atoms with Crippen LogP contribution in [0.25, 0.3) is 16.8 Å². The Bertz CT molecular complexity index is 2740. The zero-order chi connectivity index (χ0) is 44.3. The zero-order valence-corrected chi connectivity index (χ0v) is 36.2. The van der Waals surface area contributed by atoms with E-state index in [4.69, 9.17) is 9.16 Å². The van der Waals surface area contributed by atoms with Gasteiger partial charge in [-0.2, -0.15) is 18.2 Å². The quantitative estimate of drug-likeness (QED) is 0.0803. The summed E-state index contributed by atoms with van der Waals surface area (Å²) < 4.78 is 91.0. The molecule has 0 amide bonds. The molecule has 1 N–H and O–H groups in total. The minimum atomic E-state index is -4.65. The Morgan fingerprint density at radius 3 is 2.00 bits per heavy atom. The van der Waals surface area contributed by atoms with Crippen LogP contribution in [0.15, 0.2) is 151 Å². The number of benzene rings is 5. The maximum absolute atomic E-state index is 14.4. The number of Topliss-reactive ketones (excluding diaryl/α,β-unsaturated/α-hetero) is 1. The summed E-state index contributed by atoms with van der Waals surface area (Å²) in [4.78, 5) is 18.6. The molecule has 0 bridgehead atoms. The summed E-state index contributed by atoms with van der Waals surface area (Å²) in [5.74, 6) is -1.46. The van der Waals surface area contributed by atoms with Crippen molar-refractivity contribution in [1.82, 2.24) is 14.6 Å². The van der Waals surface area contributed by atoms with Gasteiger partial charge in [0.05, 0.1) is 16.5 Å². The van der Waals surface area contributed by atoms with E-state index in [0.29, 0.717) is 11.2 Å². The van der Waals surface area contributed by atoms with Gasteiger partial charge >= 0.3 is 6.18 Å². The molecule has 0 radical (unpaired) electrons. The molecule has 5 aromatic carbocycles. The van der Waals surface area contributed by atoms with Gasteiger partial charge in [0, 0.05) is 37.1 Å². The molecule has 0 saturated heterocycles. The van der Waals surface area contributed by atoms with E-state index in [-0.39, 0.29) is 46.1 Å². The summed E-state index contributed by atoms with van der Waals surface area (Å²) in [7, 11) is -6.73. The van der Waals surface area contributed by atoms with Crippen molar-refractivity contribution in [2.75, 3.05) is 24.8 Å². The van der Waals surface area contributed by atoms with Gasteiger partial charge in [0.25, 0.3) is 8.32 Å². The van der Waals surface area contributed by atoms with Gasteiger partial charge in [-0.25, -0.2) is 17.3 Å². The Kier molecular flexibility index (Phi) is 12.5. The van der Waals surface area contributed by atoms with Crippen LogP contribution in [0.1, 0.15) is 37.8 Å². The SMILES string of the molecule is CC(C)(C)[Si](OCC(C(=O)Cc1ccc(-c2ccc3nc(Nc4ccc(S(C)(=O)=O)cc4OCC(F)(F)F)nn3c2)cc1)c1ccc(F)cc1)(c1ccccc1)c1ccccc1. The molecule has 2 aromatic heterocycles. The molecule has 2 heterocycles. The number of nitrogens with zero attached hydrogens (tertiary/aromatic N) is 3. The first-order valence-electron chi connectivity index (χ1n) is 19.7. The van der Waals surface area contributed by atoms with Crippen LogP contribution < -0.4 is 20.4 Å². The fraction of sp³-hybridized carbons (Fsp3) is 0.213. The van der Waals surface area contributed by atoms with Crippen molar-refractivity contribution in [3.63, 3.8) is 0 Å². The highest BCUT2D eigenvalue weighted by Gasteiger charge is 2.50. The summed E-state index contributed by atoms with van der Waals surface area (Å²) in [6.07, 6.45) is -1.88. The number of aromatic nitrogens is 3. The third kappa shape index (κ3) is 9.96. The van der Waals surface area contributed by atoms with Crippen LogP contribution in [0, 0.1) is 5.82 Å². The Morgan fingerprint density at radius 1 is 0.806 bits per heavy atom. The molecule has 320 valence electrons. The van der Waals surface area contributed by atoms with Crippen molar-refractivity contribution in [3.05, 3.63) is 163 Å². The highest BCUT2D eigenvalue weighted by molar-refractivity contribution is 7.90. The maximum Gasteiger partial charge on any atom is 0.422 e. The highest BCUT2D eigenvalue weighted by atomic mass is 32.2. The summed E-state index contributed by atoms with van der Waals surface area (Å²) in [6.45, 7) is 4.99. The first kappa shape index (κ1) is 43.9. The zero-order valence-electron chi connectivity index (χ0n) is 34.4. The van der Waals surface area contributed by atoms with Crippen LogP contribution in [0.5, 0.6) is 5.75 Å². The molecule has 0 saturated carbocycles. The molecule has 0 aliphatic heterocycles. The minimum absolute atomic E-state index is 0.0367. The predicted octanol–water partition coefficient (Wildman–Crippen LogP) is 9.10. The van der Waals surface area contributed by atoms with Crippen molar-refractivity contribution in [3.8, 4) is 16.9 Å². The molecule has 0 aliphatic rings. The van der Waals surface area contributed by atoms with Crippen molar-refractivity contribution in [2.45, 2.75) is 49.2 Å². The van der Waals surface area contributed by atoms with Gasteiger partial charge in [-0.1, -0.05) is 118 Å². The first-order valence-corrected chi connectivity index (χ1v) is 23.5. The largest absolute Gasteiger partial charge is 0.482 e. The number of carbonyl (C=O) groups is 1. The second-order valence-electron chi connectivity index (χ2n) is 16.0. The number of pyridine rings is 1. The maximum atomic E-state index is 14.4. The highest BCUT2D eigenvalue weighted by Crippen LogP contribution is 2.38. The second kappa shape index (κ2) is 17.7. The number of fused-ring (bicyclic) bond motifs is 1. The molecule has 7 aromatic rings. The number of hydrogen-bond donors (Lipinski definition) is 1. The third-order valence-electron chi connectivity index (χ3n) is 10.6. The molecule has 1 atom stereocenters. The third-order valence-corrected chi connectivity index (χ3v) is 16.7. The van der Waals surface area contributed by atoms with Gasteiger partial charge < -0.3 is 14.5 Å². The number of rotatable bonds is 15. The van der Waals surface area contributed by atoms with E-state index in [1.165, 1.54) is 28.8 Å². The molecular weight excluding hydrogens is 837 g/mol. The lowest BCUT2D eigenvalue weighted by Gasteiger charge is -2.43. The molecule has 1 unspecified atom stereocenters. The van der Waals surface area contributed by atoms with Crippen LogP contribution in [-0.2, 0) is 25.5 Å². The summed E-state index contributed by atoms with van der Waals surface area (Å²) >= 11 is 0. The van der Waals surface area contributed by atoms with E-state index >= 15 is 0 Å². The van der Waals surface area contributed by atoms with Crippen LogP contribution in [0.3, 0.4) is 0 Å². The molecule has 0 aliphatic carbocycles. The van der Waals surface area contributed by atoms with Crippen molar-refractivity contribution < 1.29 is 39.9 Å². The molecule has 0 spiro atoms. The lowest BCUT2D eigenvalue weighted by Crippen LogP contribution is -2.67. The van der Waals surface area contributed by atoms with Crippen molar-refractivity contribution >= 4 is 51.6 Å². The molecule has 7 rings (SSSR count). The van der Waals surface area contributed by atoms with Crippen LogP contribution in [0.4, 0.5) is 29.2 Å². The number of ether oxygens (including phenoxy) is 1. The average Bonchev–Trinajstić information content (AvgIpc) is 3.64. The summed E-state index contributed by atoms with van der Waals surface area (Å²) in [5, 5.41) is 9.12. The number of anilines is 2. The van der Waals surface area contributed by atoms with Crippen molar-refractivity contribution in [1.29, 1.82) is 0 Å². The fourth-order valence-corrected chi connectivity index (χ4v) is 12.7. The number of ketones is 1.